The fourth-order valence-electron chi connectivity index (χ4n) is 2.09. The molecule has 0 radical (unpaired) electrons. The van der Waals surface area contributed by atoms with Crippen LogP contribution in [0.4, 0.5) is 0 Å². The smallest absolute Gasteiger partial charge is 0.152 e. The second kappa shape index (κ2) is 4.99. The Bertz CT molecular complexity index is 696. The van der Waals surface area contributed by atoms with Gasteiger partial charge in [-0.15, -0.1) is 0 Å². The number of benzene rings is 1. The van der Waals surface area contributed by atoms with E-state index in [-0.39, 0.29) is 6.04 Å². The van der Waals surface area contributed by atoms with Gasteiger partial charge < -0.3 is 9.73 Å². The van der Waals surface area contributed by atoms with E-state index in [1.54, 1.807) is 18.6 Å². The normalized spacial score (nSPS) is 12.7. The first-order valence-corrected chi connectivity index (χ1v) is 6.28. The molecule has 1 N–H and O–H groups in total. The predicted octanol–water partition coefficient (Wildman–Crippen LogP) is 3.19. The van der Waals surface area contributed by atoms with Crippen molar-refractivity contribution in [2.75, 3.05) is 7.05 Å². The standard InChI is InChI=1S/C14H12ClN3O/c1-16-13(11-8-17-5-6-18-11)12-7-9-3-2-4-10(15)14(9)19-12/h2-8,13,16H,1H3. The van der Waals surface area contributed by atoms with Crippen molar-refractivity contribution >= 4 is 22.6 Å². The maximum atomic E-state index is 6.12. The van der Waals surface area contributed by atoms with Crippen LogP contribution in [0.15, 0.2) is 47.3 Å². The summed E-state index contributed by atoms with van der Waals surface area (Å²) >= 11 is 6.12. The highest BCUT2D eigenvalue weighted by molar-refractivity contribution is 6.34. The van der Waals surface area contributed by atoms with E-state index >= 15 is 0 Å². The minimum Gasteiger partial charge on any atom is -0.457 e. The first-order chi connectivity index (χ1) is 9.29. The van der Waals surface area contributed by atoms with E-state index in [0.29, 0.717) is 10.6 Å². The van der Waals surface area contributed by atoms with Crippen molar-refractivity contribution in [2.45, 2.75) is 6.04 Å². The van der Waals surface area contributed by atoms with Crippen molar-refractivity contribution in [3.63, 3.8) is 0 Å². The molecule has 0 aliphatic rings. The predicted molar refractivity (Wildman–Crippen MR) is 74.2 cm³/mol. The van der Waals surface area contributed by atoms with Crippen LogP contribution in [0.1, 0.15) is 17.5 Å². The summed E-state index contributed by atoms with van der Waals surface area (Å²) in [4.78, 5) is 8.38. The summed E-state index contributed by atoms with van der Waals surface area (Å²) in [6.45, 7) is 0. The summed E-state index contributed by atoms with van der Waals surface area (Å²) in [7, 11) is 1.86. The third-order valence-corrected chi connectivity index (χ3v) is 3.26. The zero-order chi connectivity index (χ0) is 13.2. The molecule has 0 saturated heterocycles. The van der Waals surface area contributed by atoms with E-state index in [9.17, 15) is 0 Å². The number of fused-ring (bicyclic) bond motifs is 1. The van der Waals surface area contributed by atoms with Crippen LogP contribution in [-0.2, 0) is 0 Å². The highest BCUT2D eigenvalue weighted by Crippen LogP contribution is 2.30. The number of furan rings is 1. The molecule has 5 heteroatoms. The maximum absolute atomic E-state index is 6.12. The molecule has 3 rings (SSSR count). The lowest BCUT2D eigenvalue weighted by atomic mass is 10.1. The molecule has 0 aliphatic carbocycles. The molecule has 1 atom stereocenters. The summed E-state index contributed by atoms with van der Waals surface area (Å²) < 4.78 is 5.84. The third kappa shape index (κ3) is 2.20. The second-order valence-corrected chi connectivity index (χ2v) is 4.57. The van der Waals surface area contributed by atoms with Gasteiger partial charge in [0.15, 0.2) is 5.58 Å². The van der Waals surface area contributed by atoms with E-state index in [4.69, 9.17) is 16.0 Å². The number of rotatable bonds is 3. The first-order valence-electron chi connectivity index (χ1n) is 5.90. The van der Waals surface area contributed by atoms with Gasteiger partial charge in [0.1, 0.15) is 11.8 Å². The Morgan fingerprint density at radius 3 is 2.89 bits per heavy atom. The topological polar surface area (TPSA) is 51.0 Å². The van der Waals surface area contributed by atoms with Gasteiger partial charge in [-0.1, -0.05) is 23.7 Å². The molecule has 96 valence electrons. The Morgan fingerprint density at radius 1 is 1.32 bits per heavy atom. The van der Waals surface area contributed by atoms with Crippen LogP contribution in [0.3, 0.4) is 0 Å². The van der Waals surface area contributed by atoms with Crippen molar-refractivity contribution in [3.05, 3.63) is 59.3 Å². The minimum absolute atomic E-state index is 0.142. The van der Waals surface area contributed by atoms with Gasteiger partial charge in [-0.3, -0.25) is 9.97 Å². The van der Waals surface area contributed by atoms with E-state index in [2.05, 4.69) is 15.3 Å². The van der Waals surface area contributed by atoms with Crippen LogP contribution in [-0.4, -0.2) is 17.0 Å². The van der Waals surface area contributed by atoms with E-state index in [0.717, 1.165) is 16.8 Å². The molecule has 0 saturated carbocycles. The van der Waals surface area contributed by atoms with Gasteiger partial charge in [0.25, 0.3) is 0 Å². The molecule has 2 heterocycles. The number of nitrogens with one attached hydrogen (secondary N) is 1. The second-order valence-electron chi connectivity index (χ2n) is 4.16. The molecule has 0 bridgehead atoms. The van der Waals surface area contributed by atoms with E-state index < -0.39 is 0 Å². The van der Waals surface area contributed by atoms with Crippen LogP contribution >= 0.6 is 11.6 Å². The number of hydrogen-bond acceptors (Lipinski definition) is 4. The molecule has 0 spiro atoms. The maximum Gasteiger partial charge on any atom is 0.152 e. The fourth-order valence-corrected chi connectivity index (χ4v) is 2.31. The minimum atomic E-state index is -0.142. The van der Waals surface area contributed by atoms with Gasteiger partial charge in [-0.05, 0) is 19.2 Å². The molecule has 2 aromatic heterocycles. The molecular weight excluding hydrogens is 262 g/mol. The number of para-hydroxylation sites is 1. The SMILES string of the molecule is CNC(c1cnccn1)c1cc2cccc(Cl)c2o1. The van der Waals surface area contributed by atoms with Gasteiger partial charge in [-0.2, -0.15) is 0 Å². The first kappa shape index (κ1) is 12.1. The van der Waals surface area contributed by atoms with Gasteiger partial charge in [0.05, 0.1) is 16.9 Å². The summed E-state index contributed by atoms with van der Waals surface area (Å²) in [5.74, 6) is 0.770. The van der Waals surface area contributed by atoms with Crippen molar-refractivity contribution in [3.8, 4) is 0 Å². The van der Waals surface area contributed by atoms with Crippen LogP contribution in [0.2, 0.25) is 5.02 Å². The van der Waals surface area contributed by atoms with Crippen LogP contribution in [0.5, 0.6) is 0 Å². The van der Waals surface area contributed by atoms with Crippen molar-refractivity contribution in [1.82, 2.24) is 15.3 Å². The number of hydrogen-bond donors (Lipinski definition) is 1. The molecule has 0 fully saturated rings. The average molecular weight is 274 g/mol. The van der Waals surface area contributed by atoms with Crippen molar-refractivity contribution in [2.24, 2.45) is 0 Å². The molecule has 1 aromatic carbocycles. The van der Waals surface area contributed by atoms with Crippen molar-refractivity contribution in [1.29, 1.82) is 0 Å². The molecular formula is C14H12ClN3O. The Balaban J connectivity index is 2.09. The molecule has 19 heavy (non-hydrogen) atoms. The summed E-state index contributed by atoms with van der Waals surface area (Å²) in [5.41, 5.74) is 1.50. The zero-order valence-electron chi connectivity index (χ0n) is 10.3. The average Bonchev–Trinajstić information content (AvgIpc) is 2.86. The van der Waals surface area contributed by atoms with Crippen LogP contribution in [0.25, 0.3) is 11.0 Å². The lowest BCUT2D eigenvalue weighted by Gasteiger charge is -2.11. The number of halogens is 1. The van der Waals surface area contributed by atoms with Gasteiger partial charge in [0, 0.05) is 17.8 Å². The van der Waals surface area contributed by atoms with Gasteiger partial charge in [0.2, 0.25) is 0 Å². The Hall–Kier alpha value is -1.91. The van der Waals surface area contributed by atoms with Crippen molar-refractivity contribution < 1.29 is 4.42 Å². The lowest BCUT2D eigenvalue weighted by Crippen LogP contribution is -2.18. The number of aromatic nitrogens is 2. The van der Waals surface area contributed by atoms with E-state index in [1.807, 2.05) is 31.3 Å². The summed E-state index contributed by atoms with van der Waals surface area (Å²) in [6.07, 6.45) is 5.02. The molecule has 1 unspecified atom stereocenters. The summed E-state index contributed by atoms with van der Waals surface area (Å²) in [5, 5.41) is 4.76. The quantitative estimate of drug-likeness (QED) is 0.796. The zero-order valence-corrected chi connectivity index (χ0v) is 11.1. The Morgan fingerprint density at radius 2 is 2.21 bits per heavy atom. The Kier molecular flexibility index (Phi) is 3.19. The monoisotopic (exact) mass is 273 g/mol. The van der Waals surface area contributed by atoms with Gasteiger partial charge >= 0.3 is 0 Å². The van der Waals surface area contributed by atoms with E-state index in [1.165, 1.54) is 0 Å². The summed E-state index contributed by atoms with van der Waals surface area (Å²) in [6, 6.07) is 7.51. The molecule has 0 amide bonds. The number of nitrogens with zero attached hydrogens (tertiary/aromatic N) is 2. The lowest BCUT2D eigenvalue weighted by molar-refractivity contribution is 0.485. The Labute approximate surface area is 115 Å². The van der Waals surface area contributed by atoms with Crippen LogP contribution in [0, 0.1) is 0 Å². The molecule has 3 aromatic rings. The highest BCUT2D eigenvalue weighted by atomic mass is 35.5. The van der Waals surface area contributed by atoms with Gasteiger partial charge in [-0.25, -0.2) is 0 Å². The van der Waals surface area contributed by atoms with Crippen LogP contribution < -0.4 is 5.32 Å². The highest BCUT2D eigenvalue weighted by Gasteiger charge is 2.18. The largest absolute Gasteiger partial charge is 0.457 e. The molecule has 0 aliphatic heterocycles. The fraction of sp³-hybridized carbons (Fsp3) is 0.143. The third-order valence-electron chi connectivity index (χ3n) is 2.97. The molecule has 4 nitrogen and oxygen atoms in total.